The van der Waals surface area contributed by atoms with Crippen LogP contribution in [0.15, 0.2) is 42.5 Å². The van der Waals surface area contributed by atoms with Gasteiger partial charge in [0.1, 0.15) is 5.78 Å². The molecule has 0 amide bonds. The Labute approximate surface area is 138 Å². The minimum Gasteiger partial charge on any atom is -0.299 e. The molecule has 2 atom stereocenters. The molecule has 1 fully saturated rings. The molecule has 4 nitrogen and oxygen atoms in total. The van der Waals surface area contributed by atoms with E-state index in [1.165, 1.54) is 7.11 Å². The highest BCUT2D eigenvalue weighted by atomic mass is 32.2. The van der Waals surface area contributed by atoms with E-state index in [-0.39, 0.29) is 11.7 Å². The molecule has 23 heavy (non-hydrogen) atoms. The number of carbonyl (C=O) groups is 1. The Morgan fingerprint density at radius 1 is 1.22 bits per heavy atom. The number of hydrogen-bond acceptors (Lipinski definition) is 4. The Morgan fingerprint density at radius 3 is 2.65 bits per heavy atom. The molecule has 0 spiro atoms. The van der Waals surface area contributed by atoms with Gasteiger partial charge >= 0.3 is 0 Å². The third-order valence-electron chi connectivity index (χ3n) is 4.36. The standard InChI is InChI=1S/C18H24O4S/c1-22-23(20,21)14-8-3-2-5-11-16-12-13-17(19)18(16)15-9-6-4-7-10-15/h2,4-7,9-10,16,18H,3,8,11-14H2,1H3/b5-2-. The van der Waals surface area contributed by atoms with Crippen LogP contribution >= 0.6 is 0 Å². The van der Waals surface area contributed by atoms with Gasteiger partial charge in [0.15, 0.2) is 0 Å². The first-order valence-electron chi connectivity index (χ1n) is 8.04. The molecule has 126 valence electrons. The van der Waals surface area contributed by atoms with Crippen molar-refractivity contribution in [1.29, 1.82) is 0 Å². The number of carbonyl (C=O) groups excluding carboxylic acids is 1. The van der Waals surface area contributed by atoms with E-state index in [1.54, 1.807) is 0 Å². The summed E-state index contributed by atoms with van der Waals surface area (Å²) in [6, 6.07) is 9.97. The molecule has 2 rings (SSSR count). The van der Waals surface area contributed by atoms with E-state index in [9.17, 15) is 13.2 Å². The topological polar surface area (TPSA) is 60.4 Å². The van der Waals surface area contributed by atoms with E-state index < -0.39 is 10.1 Å². The molecular formula is C18H24O4S. The number of hydrogen-bond donors (Lipinski definition) is 0. The predicted octanol–water partition coefficient (Wildman–Crippen LogP) is 3.45. The van der Waals surface area contributed by atoms with E-state index in [4.69, 9.17) is 0 Å². The minimum absolute atomic E-state index is 0.00900. The smallest absolute Gasteiger partial charge is 0.267 e. The zero-order valence-corrected chi connectivity index (χ0v) is 14.3. The molecule has 0 heterocycles. The second kappa shape index (κ2) is 8.41. The first-order chi connectivity index (χ1) is 11.0. The Kier molecular flexibility index (Phi) is 6.54. The molecule has 1 aliphatic rings. The summed E-state index contributed by atoms with van der Waals surface area (Å²) in [6.45, 7) is 0. The van der Waals surface area contributed by atoms with Gasteiger partial charge in [-0.3, -0.25) is 8.98 Å². The molecule has 0 aliphatic heterocycles. The van der Waals surface area contributed by atoms with Crippen molar-refractivity contribution >= 4 is 15.9 Å². The van der Waals surface area contributed by atoms with Crippen molar-refractivity contribution in [3.05, 3.63) is 48.0 Å². The van der Waals surface area contributed by atoms with Crippen molar-refractivity contribution in [2.24, 2.45) is 5.92 Å². The van der Waals surface area contributed by atoms with Gasteiger partial charge in [0, 0.05) is 12.3 Å². The summed E-state index contributed by atoms with van der Waals surface area (Å²) in [7, 11) is -2.17. The lowest BCUT2D eigenvalue weighted by Gasteiger charge is -2.17. The number of ketones is 1. The average Bonchev–Trinajstić information content (AvgIpc) is 2.92. The van der Waals surface area contributed by atoms with Crippen LogP contribution in [0.25, 0.3) is 0 Å². The normalized spacial score (nSPS) is 22.0. The van der Waals surface area contributed by atoms with Crippen LogP contribution < -0.4 is 0 Å². The van der Waals surface area contributed by atoms with Gasteiger partial charge in [-0.05, 0) is 37.2 Å². The Morgan fingerprint density at radius 2 is 1.96 bits per heavy atom. The molecule has 2 unspecified atom stereocenters. The average molecular weight is 336 g/mol. The summed E-state index contributed by atoms with van der Waals surface area (Å²) < 4.78 is 26.8. The van der Waals surface area contributed by atoms with Crippen molar-refractivity contribution < 1.29 is 17.4 Å². The monoisotopic (exact) mass is 336 g/mol. The maximum atomic E-state index is 12.2. The summed E-state index contributed by atoms with van der Waals surface area (Å²) in [5.41, 5.74) is 1.11. The van der Waals surface area contributed by atoms with Crippen molar-refractivity contribution in [3.8, 4) is 0 Å². The maximum absolute atomic E-state index is 12.2. The lowest BCUT2D eigenvalue weighted by molar-refractivity contribution is -0.118. The van der Waals surface area contributed by atoms with Gasteiger partial charge in [0.05, 0.1) is 12.9 Å². The third kappa shape index (κ3) is 5.29. The van der Waals surface area contributed by atoms with Crippen LogP contribution in [0.1, 0.15) is 43.6 Å². The Hall–Kier alpha value is -1.46. The van der Waals surface area contributed by atoms with Gasteiger partial charge in [0.2, 0.25) is 0 Å². The number of Topliss-reactive ketones (excluding diaryl/α,β-unsaturated/α-hetero) is 1. The van der Waals surface area contributed by atoms with Crippen LogP contribution in [0.3, 0.4) is 0 Å². The van der Waals surface area contributed by atoms with Crippen LogP contribution in [0.4, 0.5) is 0 Å². The van der Waals surface area contributed by atoms with E-state index in [1.807, 2.05) is 36.4 Å². The Bertz CT molecular complexity index is 634. The first-order valence-corrected chi connectivity index (χ1v) is 9.62. The highest BCUT2D eigenvalue weighted by Gasteiger charge is 2.34. The van der Waals surface area contributed by atoms with Crippen molar-refractivity contribution in [2.45, 2.75) is 38.0 Å². The summed E-state index contributed by atoms with van der Waals surface area (Å²) in [5, 5.41) is 0. The Balaban J connectivity index is 1.83. The molecule has 0 N–H and O–H groups in total. The number of allylic oxidation sites excluding steroid dienone is 2. The number of rotatable bonds is 8. The fourth-order valence-corrected chi connectivity index (χ4v) is 3.82. The van der Waals surface area contributed by atoms with Crippen molar-refractivity contribution in [2.75, 3.05) is 12.9 Å². The number of unbranched alkanes of at least 4 members (excludes halogenated alkanes) is 1. The van der Waals surface area contributed by atoms with Gasteiger partial charge in [-0.25, -0.2) is 0 Å². The quantitative estimate of drug-likeness (QED) is 0.414. The van der Waals surface area contributed by atoms with Gasteiger partial charge in [0.25, 0.3) is 10.1 Å². The molecule has 0 aromatic heterocycles. The molecule has 1 aromatic carbocycles. The second-order valence-corrected chi connectivity index (χ2v) is 7.79. The van der Waals surface area contributed by atoms with Crippen LogP contribution in [-0.4, -0.2) is 27.1 Å². The highest BCUT2D eigenvalue weighted by molar-refractivity contribution is 7.86. The van der Waals surface area contributed by atoms with E-state index in [0.717, 1.165) is 18.4 Å². The molecule has 5 heteroatoms. The lowest BCUT2D eigenvalue weighted by atomic mass is 9.86. The van der Waals surface area contributed by atoms with Gasteiger partial charge in [-0.2, -0.15) is 8.42 Å². The molecule has 1 saturated carbocycles. The van der Waals surface area contributed by atoms with E-state index >= 15 is 0 Å². The van der Waals surface area contributed by atoms with Gasteiger partial charge < -0.3 is 0 Å². The van der Waals surface area contributed by atoms with Crippen molar-refractivity contribution in [1.82, 2.24) is 0 Å². The van der Waals surface area contributed by atoms with Crippen LogP contribution in [0.2, 0.25) is 0 Å². The zero-order chi connectivity index (χ0) is 16.7. The summed E-state index contributed by atoms with van der Waals surface area (Å²) in [6.07, 6.45) is 7.81. The summed E-state index contributed by atoms with van der Waals surface area (Å²) in [5.74, 6) is 0.738. The minimum atomic E-state index is -3.35. The zero-order valence-electron chi connectivity index (χ0n) is 13.5. The molecule has 0 bridgehead atoms. The molecular weight excluding hydrogens is 312 g/mol. The molecule has 0 radical (unpaired) electrons. The van der Waals surface area contributed by atoms with Crippen LogP contribution in [-0.2, 0) is 19.1 Å². The van der Waals surface area contributed by atoms with Gasteiger partial charge in [-0.15, -0.1) is 0 Å². The third-order valence-corrected chi connectivity index (χ3v) is 5.66. The molecule has 1 aliphatic carbocycles. The largest absolute Gasteiger partial charge is 0.299 e. The molecule has 0 saturated heterocycles. The highest BCUT2D eigenvalue weighted by Crippen LogP contribution is 2.39. The fraction of sp³-hybridized carbons (Fsp3) is 0.500. The fourth-order valence-electron chi connectivity index (χ4n) is 3.14. The summed E-state index contributed by atoms with van der Waals surface area (Å²) in [4.78, 5) is 12.2. The van der Waals surface area contributed by atoms with Crippen LogP contribution in [0.5, 0.6) is 0 Å². The number of benzene rings is 1. The summed E-state index contributed by atoms with van der Waals surface area (Å²) >= 11 is 0. The maximum Gasteiger partial charge on any atom is 0.267 e. The van der Waals surface area contributed by atoms with E-state index in [2.05, 4.69) is 10.3 Å². The van der Waals surface area contributed by atoms with Crippen LogP contribution in [0, 0.1) is 5.92 Å². The first kappa shape index (κ1) is 17.9. The van der Waals surface area contributed by atoms with E-state index in [0.29, 0.717) is 31.0 Å². The second-order valence-electron chi connectivity index (χ2n) is 5.93. The lowest BCUT2D eigenvalue weighted by Crippen LogP contribution is -2.12. The van der Waals surface area contributed by atoms with Crippen molar-refractivity contribution in [3.63, 3.8) is 0 Å². The predicted molar refractivity (Wildman–Crippen MR) is 90.7 cm³/mol. The molecule has 1 aromatic rings. The SMILES string of the molecule is COS(=O)(=O)CCC/C=C\CC1CCC(=O)C1c1ccccc1. The van der Waals surface area contributed by atoms with Gasteiger partial charge in [-0.1, -0.05) is 42.5 Å².